The van der Waals surface area contributed by atoms with Gasteiger partial charge in [-0.1, -0.05) is 0 Å². The molecule has 6 heteroatoms. The Balaban J connectivity index is 2.25. The molecule has 5 nitrogen and oxygen atoms in total. The molecule has 1 aromatic heterocycles. The van der Waals surface area contributed by atoms with Crippen LogP contribution in [0.5, 0.6) is 0 Å². The predicted molar refractivity (Wildman–Crippen MR) is 79.0 cm³/mol. The summed E-state index contributed by atoms with van der Waals surface area (Å²) in [5.74, 6) is 0.257. The van der Waals surface area contributed by atoms with Crippen LogP contribution in [0.25, 0.3) is 0 Å². The van der Waals surface area contributed by atoms with Crippen molar-refractivity contribution in [2.45, 2.75) is 19.4 Å². The molecule has 2 rings (SSSR count). The summed E-state index contributed by atoms with van der Waals surface area (Å²) in [6.45, 7) is 4.73. The average Bonchev–Trinajstić information content (AvgIpc) is 2.52. The van der Waals surface area contributed by atoms with Crippen LogP contribution in [0.15, 0.2) is 16.7 Å². The highest BCUT2D eigenvalue weighted by molar-refractivity contribution is 9.10. The molecule has 0 radical (unpaired) electrons. The fraction of sp³-hybridized carbons (Fsp3) is 0.538. The van der Waals surface area contributed by atoms with Crippen molar-refractivity contribution in [3.63, 3.8) is 0 Å². The van der Waals surface area contributed by atoms with E-state index in [9.17, 15) is 4.79 Å². The Labute approximate surface area is 121 Å². The summed E-state index contributed by atoms with van der Waals surface area (Å²) < 4.78 is 0.768. The van der Waals surface area contributed by atoms with Gasteiger partial charge in [-0.3, -0.25) is 4.79 Å². The normalized spacial score (nSPS) is 21.2. The number of hydrogen-bond donors (Lipinski definition) is 1. The van der Waals surface area contributed by atoms with Gasteiger partial charge in [0.2, 0.25) is 0 Å². The second-order valence-corrected chi connectivity index (χ2v) is 5.97. The largest absolute Gasteiger partial charge is 0.383 e. The van der Waals surface area contributed by atoms with Crippen molar-refractivity contribution in [1.82, 2.24) is 14.8 Å². The van der Waals surface area contributed by atoms with Crippen molar-refractivity contribution >= 4 is 27.7 Å². The maximum atomic E-state index is 12.6. The number of pyridine rings is 1. The molecular weight excluding hydrogens is 308 g/mol. The maximum absolute atomic E-state index is 12.6. The van der Waals surface area contributed by atoms with Gasteiger partial charge in [-0.2, -0.15) is 0 Å². The van der Waals surface area contributed by atoms with Gasteiger partial charge in [0.1, 0.15) is 5.82 Å². The SMILES string of the molecule is CC1CN(C)CCCN1C(=O)c1cc(Br)cnc1N. The number of anilines is 1. The molecule has 1 aromatic rings. The Hall–Kier alpha value is -1.14. The highest BCUT2D eigenvalue weighted by Crippen LogP contribution is 2.20. The van der Waals surface area contributed by atoms with Crippen LogP contribution in [0.2, 0.25) is 0 Å². The van der Waals surface area contributed by atoms with Gasteiger partial charge in [0.15, 0.2) is 0 Å². The molecule has 0 aliphatic carbocycles. The van der Waals surface area contributed by atoms with E-state index >= 15 is 0 Å². The van der Waals surface area contributed by atoms with E-state index < -0.39 is 0 Å². The summed E-state index contributed by atoms with van der Waals surface area (Å²) >= 11 is 3.33. The monoisotopic (exact) mass is 326 g/mol. The van der Waals surface area contributed by atoms with Gasteiger partial charge in [0.05, 0.1) is 5.56 Å². The minimum absolute atomic E-state index is 0.0332. The van der Waals surface area contributed by atoms with E-state index in [1.165, 1.54) is 0 Å². The summed E-state index contributed by atoms with van der Waals surface area (Å²) in [6, 6.07) is 1.92. The molecule has 1 unspecified atom stereocenters. The summed E-state index contributed by atoms with van der Waals surface area (Å²) in [6.07, 6.45) is 2.58. The standard InChI is InChI=1S/C13H19BrN4O/c1-9-8-17(2)4-3-5-18(9)13(19)11-6-10(14)7-16-12(11)15/h6-7,9H,3-5,8H2,1-2H3,(H2,15,16). The number of hydrogen-bond acceptors (Lipinski definition) is 4. The zero-order valence-electron chi connectivity index (χ0n) is 11.3. The lowest BCUT2D eigenvalue weighted by molar-refractivity contribution is 0.0697. The Bertz CT molecular complexity index is 480. The van der Waals surface area contributed by atoms with Gasteiger partial charge >= 0.3 is 0 Å². The number of likely N-dealkylation sites (N-methyl/N-ethyl adjacent to an activating group) is 1. The first-order valence-corrected chi connectivity index (χ1v) is 7.19. The van der Waals surface area contributed by atoms with E-state index in [1.54, 1.807) is 12.3 Å². The number of amides is 1. The molecule has 1 fully saturated rings. The lowest BCUT2D eigenvalue weighted by Crippen LogP contribution is -2.42. The molecule has 1 amide bonds. The van der Waals surface area contributed by atoms with Gasteiger partial charge in [-0.25, -0.2) is 4.98 Å². The first-order chi connectivity index (χ1) is 8.99. The molecule has 2 heterocycles. The molecule has 0 saturated carbocycles. The molecule has 104 valence electrons. The average molecular weight is 327 g/mol. The number of nitrogens with zero attached hydrogens (tertiary/aromatic N) is 3. The van der Waals surface area contributed by atoms with Crippen molar-refractivity contribution in [1.29, 1.82) is 0 Å². The third kappa shape index (κ3) is 3.25. The molecule has 0 bridgehead atoms. The molecule has 2 N–H and O–H groups in total. The highest BCUT2D eigenvalue weighted by atomic mass is 79.9. The van der Waals surface area contributed by atoms with Crippen molar-refractivity contribution in [3.05, 3.63) is 22.3 Å². The lowest BCUT2D eigenvalue weighted by Gasteiger charge is -2.28. The van der Waals surface area contributed by atoms with Crippen LogP contribution in [0.4, 0.5) is 5.82 Å². The van der Waals surface area contributed by atoms with Crippen LogP contribution in [0, 0.1) is 0 Å². The smallest absolute Gasteiger partial charge is 0.257 e. The van der Waals surface area contributed by atoms with Gasteiger partial charge in [0.25, 0.3) is 5.91 Å². The number of carbonyl (C=O) groups is 1. The third-order valence-corrected chi connectivity index (χ3v) is 3.86. The van der Waals surface area contributed by atoms with E-state index in [1.807, 2.05) is 4.90 Å². The van der Waals surface area contributed by atoms with Gasteiger partial charge in [-0.15, -0.1) is 0 Å². The highest BCUT2D eigenvalue weighted by Gasteiger charge is 2.26. The maximum Gasteiger partial charge on any atom is 0.257 e. The Morgan fingerprint density at radius 3 is 3.00 bits per heavy atom. The summed E-state index contributed by atoms with van der Waals surface area (Å²) in [5.41, 5.74) is 6.30. The van der Waals surface area contributed by atoms with Crippen LogP contribution < -0.4 is 5.73 Å². The molecule has 1 saturated heterocycles. The number of halogens is 1. The van der Waals surface area contributed by atoms with Crippen molar-refractivity contribution in [2.75, 3.05) is 32.4 Å². The molecule has 1 aliphatic heterocycles. The van der Waals surface area contributed by atoms with E-state index in [-0.39, 0.29) is 17.8 Å². The van der Waals surface area contributed by atoms with E-state index in [4.69, 9.17) is 5.73 Å². The summed E-state index contributed by atoms with van der Waals surface area (Å²) in [7, 11) is 2.08. The van der Waals surface area contributed by atoms with Crippen LogP contribution >= 0.6 is 15.9 Å². The quantitative estimate of drug-likeness (QED) is 0.851. The van der Waals surface area contributed by atoms with Crippen LogP contribution in [0.1, 0.15) is 23.7 Å². The van der Waals surface area contributed by atoms with Crippen molar-refractivity contribution in [3.8, 4) is 0 Å². The number of aromatic nitrogens is 1. The fourth-order valence-electron chi connectivity index (χ4n) is 2.45. The molecule has 19 heavy (non-hydrogen) atoms. The first-order valence-electron chi connectivity index (χ1n) is 6.39. The molecule has 0 aromatic carbocycles. The molecule has 1 aliphatic rings. The predicted octanol–water partition coefficient (Wildman–Crippen LogP) is 1.59. The minimum Gasteiger partial charge on any atom is -0.383 e. The van der Waals surface area contributed by atoms with E-state index in [0.717, 1.165) is 30.5 Å². The van der Waals surface area contributed by atoms with E-state index in [0.29, 0.717) is 5.56 Å². The van der Waals surface area contributed by atoms with Gasteiger partial charge in [0, 0.05) is 29.8 Å². The van der Waals surface area contributed by atoms with Crippen molar-refractivity contribution in [2.24, 2.45) is 0 Å². The van der Waals surface area contributed by atoms with Crippen LogP contribution in [-0.4, -0.2) is 53.4 Å². The van der Waals surface area contributed by atoms with Crippen molar-refractivity contribution < 1.29 is 4.79 Å². The molecular formula is C13H19BrN4O. The zero-order valence-corrected chi connectivity index (χ0v) is 12.9. The number of rotatable bonds is 1. The van der Waals surface area contributed by atoms with Crippen LogP contribution in [-0.2, 0) is 0 Å². The number of nitrogen functional groups attached to an aromatic ring is 1. The van der Waals surface area contributed by atoms with Gasteiger partial charge < -0.3 is 15.5 Å². The number of nitrogens with two attached hydrogens (primary N) is 1. The molecule has 1 atom stereocenters. The fourth-order valence-corrected chi connectivity index (χ4v) is 2.78. The first kappa shape index (κ1) is 14.3. The Morgan fingerprint density at radius 2 is 2.26 bits per heavy atom. The second-order valence-electron chi connectivity index (χ2n) is 5.05. The van der Waals surface area contributed by atoms with Crippen LogP contribution in [0.3, 0.4) is 0 Å². The zero-order chi connectivity index (χ0) is 14.0. The molecule has 0 spiro atoms. The summed E-state index contributed by atoms with van der Waals surface area (Å²) in [4.78, 5) is 20.8. The van der Waals surface area contributed by atoms with Gasteiger partial charge in [-0.05, 0) is 48.9 Å². The Kier molecular flexibility index (Phi) is 4.42. The van der Waals surface area contributed by atoms with E-state index in [2.05, 4.69) is 39.8 Å². The summed E-state index contributed by atoms with van der Waals surface area (Å²) in [5, 5.41) is 0. The number of carbonyl (C=O) groups excluding carboxylic acids is 1. The Morgan fingerprint density at radius 1 is 1.53 bits per heavy atom. The second kappa shape index (κ2) is 5.88. The third-order valence-electron chi connectivity index (χ3n) is 3.42. The minimum atomic E-state index is -0.0332. The lowest BCUT2D eigenvalue weighted by atomic mass is 10.2. The topological polar surface area (TPSA) is 62.5 Å².